The number of hydrogen-bond acceptors (Lipinski definition) is 8. The number of rotatable bonds is 8. The normalized spacial score (nSPS) is 26.4. The molecule has 0 aromatic carbocycles. The van der Waals surface area contributed by atoms with Gasteiger partial charge in [0.25, 0.3) is 5.91 Å². The van der Waals surface area contributed by atoms with Crippen LogP contribution in [0.1, 0.15) is 82.6 Å². The summed E-state index contributed by atoms with van der Waals surface area (Å²) in [4.78, 5) is 29.8. The van der Waals surface area contributed by atoms with Gasteiger partial charge in [-0.05, 0) is 44.9 Å². The molecule has 1 aromatic rings. The van der Waals surface area contributed by atoms with Crippen LogP contribution in [-0.2, 0) is 19.0 Å². The van der Waals surface area contributed by atoms with Gasteiger partial charge in [-0.2, -0.15) is 0 Å². The Hall–Kier alpha value is -2.39. The van der Waals surface area contributed by atoms with Gasteiger partial charge in [0, 0.05) is 18.9 Å². The molecule has 1 aliphatic heterocycles. The summed E-state index contributed by atoms with van der Waals surface area (Å²) >= 11 is 0. The number of cyclic esters (lactones) is 1. The lowest BCUT2D eigenvalue weighted by molar-refractivity contribution is -0.175. The molecular weight excluding hydrogens is 452 g/mol. The molecule has 1 aliphatic carbocycles. The Labute approximate surface area is 207 Å². The minimum Gasteiger partial charge on any atom is -0.503 e. The number of amides is 1. The molecule has 2 aliphatic rings. The third-order valence-corrected chi connectivity index (χ3v) is 6.57. The van der Waals surface area contributed by atoms with Gasteiger partial charge in [0.15, 0.2) is 17.2 Å². The highest BCUT2D eigenvalue weighted by molar-refractivity contribution is 5.97. The Kier molecular flexibility index (Phi) is 10.2. The maximum Gasteiger partial charge on any atom is 0.329 e. The summed E-state index contributed by atoms with van der Waals surface area (Å²) in [5.74, 6) is -1.12. The Bertz CT molecular complexity index is 841. The number of nitrogens with one attached hydrogen (secondary N) is 1. The van der Waals surface area contributed by atoms with Crippen molar-refractivity contribution in [2.75, 3.05) is 13.7 Å². The van der Waals surface area contributed by atoms with Crippen molar-refractivity contribution in [3.05, 3.63) is 18.0 Å². The van der Waals surface area contributed by atoms with Crippen molar-refractivity contribution in [1.82, 2.24) is 10.3 Å². The van der Waals surface area contributed by atoms with Gasteiger partial charge in [-0.3, -0.25) is 4.79 Å². The van der Waals surface area contributed by atoms with Gasteiger partial charge < -0.3 is 29.4 Å². The molecule has 1 saturated heterocycles. The average molecular weight is 493 g/mol. The maximum atomic E-state index is 13.0. The molecule has 1 aromatic heterocycles. The lowest BCUT2D eigenvalue weighted by Gasteiger charge is -2.35. The van der Waals surface area contributed by atoms with Crippen LogP contribution >= 0.6 is 0 Å². The second kappa shape index (κ2) is 13.1. The fraction of sp³-hybridized carbons (Fsp3) is 0.731. The van der Waals surface area contributed by atoms with Crippen LogP contribution in [0.5, 0.6) is 11.5 Å². The van der Waals surface area contributed by atoms with Crippen molar-refractivity contribution in [2.45, 2.75) is 103 Å². The van der Waals surface area contributed by atoms with Gasteiger partial charge >= 0.3 is 5.97 Å². The number of pyridine rings is 1. The molecule has 1 saturated carbocycles. The zero-order valence-corrected chi connectivity index (χ0v) is 21.3. The van der Waals surface area contributed by atoms with Crippen molar-refractivity contribution in [2.24, 2.45) is 5.92 Å². The fourth-order valence-electron chi connectivity index (χ4n) is 4.71. The number of esters is 1. The van der Waals surface area contributed by atoms with Crippen LogP contribution in [0.2, 0.25) is 0 Å². The first-order chi connectivity index (χ1) is 16.8. The van der Waals surface area contributed by atoms with Crippen LogP contribution in [0.4, 0.5) is 0 Å². The fourth-order valence-corrected chi connectivity index (χ4v) is 4.71. The van der Waals surface area contributed by atoms with Crippen LogP contribution < -0.4 is 10.1 Å². The number of aromatic nitrogens is 1. The van der Waals surface area contributed by atoms with E-state index in [0.29, 0.717) is 31.8 Å². The SMILES string of the molecule is COc1ccnc(C(=O)NC2CCCC(OC3CCCCC3)C(OCC(C)C)C(C)OC2=O)c1O. The van der Waals surface area contributed by atoms with E-state index in [1.165, 1.54) is 38.6 Å². The first kappa shape index (κ1) is 27.2. The molecule has 0 spiro atoms. The molecule has 35 heavy (non-hydrogen) atoms. The van der Waals surface area contributed by atoms with E-state index in [9.17, 15) is 14.7 Å². The summed E-state index contributed by atoms with van der Waals surface area (Å²) < 4.78 is 23.6. The van der Waals surface area contributed by atoms with Crippen molar-refractivity contribution < 1.29 is 33.6 Å². The lowest BCUT2D eigenvalue weighted by Crippen LogP contribution is -2.46. The third kappa shape index (κ3) is 7.54. The minimum atomic E-state index is -0.878. The molecule has 196 valence electrons. The molecule has 4 atom stereocenters. The van der Waals surface area contributed by atoms with Gasteiger partial charge in [0.1, 0.15) is 18.2 Å². The number of hydrogen-bond donors (Lipinski definition) is 2. The predicted molar refractivity (Wildman–Crippen MR) is 129 cm³/mol. The van der Waals surface area contributed by atoms with Crippen LogP contribution in [0, 0.1) is 5.92 Å². The van der Waals surface area contributed by atoms with E-state index in [4.69, 9.17) is 18.9 Å². The zero-order chi connectivity index (χ0) is 25.4. The molecule has 0 radical (unpaired) electrons. The number of aromatic hydroxyl groups is 1. The molecule has 2 heterocycles. The average Bonchev–Trinajstić information content (AvgIpc) is 2.87. The summed E-state index contributed by atoms with van der Waals surface area (Å²) in [6.45, 7) is 6.52. The van der Waals surface area contributed by atoms with Crippen LogP contribution in [0.15, 0.2) is 12.3 Å². The summed E-state index contributed by atoms with van der Waals surface area (Å²) in [6, 6.07) is 0.572. The third-order valence-electron chi connectivity index (χ3n) is 6.57. The van der Waals surface area contributed by atoms with E-state index in [1.54, 1.807) is 0 Å². The smallest absolute Gasteiger partial charge is 0.329 e. The van der Waals surface area contributed by atoms with E-state index in [0.717, 1.165) is 12.8 Å². The Balaban J connectivity index is 1.73. The highest BCUT2D eigenvalue weighted by Gasteiger charge is 2.37. The molecule has 2 fully saturated rings. The Morgan fingerprint density at radius 1 is 1.20 bits per heavy atom. The summed E-state index contributed by atoms with van der Waals surface area (Å²) in [5, 5.41) is 13.0. The van der Waals surface area contributed by atoms with Crippen molar-refractivity contribution in [3.8, 4) is 11.5 Å². The quantitative estimate of drug-likeness (QED) is 0.527. The van der Waals surface area contributed by atoms with Gasteiger partial charge in [-0.1, -0.05) is 33.1 Å². The standard InChI is InChI=1S/C26H40N2O7/c1-16(2)15-33-24-17(3)34-26(31)19(11-8-12-21(24)35-18-9-6-5-7-10-18)28-25(30)22-23(29)20(32-4)13-14-27-22/h13-14,16-19,21,24,29H,5-12,15H2,1-4H3,(H,28,30). The van der Waals surface area contributed by atoms with Crippen molar-refractivity contribution in [1.29, 1.82) is 0 Å². The van der Waals surface area contributed by atoms with Crippen molar-refractivity contribution in [3.63, 3.8) is 0 Å². The number of nitrogens with zero attached hydrogens (tertiary/aromatic N) is 1. The first-order valence-corrected chi connectivity index (χ1v) is 12.8. The number of ether oxygens (including phenoxy) is 4. The zero-order valence-electron chi connectivity index (χ0n) is 21.3. The van der Waals surface area contributed by atoms with E-state index in [2.05, 4.69) is 24.1 Å². The Morgan fingerprint density at radius 3 is 2.63 bits per heavy atom. The summed E-state index contributed by atoms with van der Waals surface area (Å²) in [5.41, 5.74) is -0.207. The predicted octanol–water partition coefficient (Wildman–Crippen LogP) is 3.77. The molecule has 9 heteroatoms. The second-order valence-electron chi connectivity index (χ2n) is 9.94. The molecular formula is C26H40N2O7. The molecule has 2 N–H and O–H groups in total. The monoisotopic (exact) mass is 492 g/mol. The molecule has 1 amide bonds. The van der Waals surface area contributed by atoms with Crippen LogP contribution in [0.25, 0.3) is 0 Å². The molecule has 9 nitrogen and oxygen atoms in total. The van der Waals surface area contributed by atoms with Crippen LogP contribution in [0.3, 0.4) is 0 Å². The maximum absolute atomic E-state index is 13.0. The summed E-state index contributed by atoms with van der Waals surface area (Å²) in [7, 11) is 1.39. The molecule has 0 bridgehead atoms. The largest absolute Gasteiger partial charge is 0.503 e. The Morgan fingerprint density at radius 2 is 1.94 bits per heavy atom. The van der Waals surface area contributed by atoms with Gasteiger partial charge in [0.05, 0.1) is 19.3 Å². The van der Waals surface area contributed by atoms with E-state index in [-0.39, 0.29) is 35.5 Å². The summed E-state index contributed by atoms with van der Waals surface area (Å²) in [6.07, 6.45) is 7.79. The molecule has 3 rings (SSSR count). The topological polar surface area (TPSA) is 116 Å². The van der Waals surface area contributed by atoms with Gasteiger partial charge in [0.2, 0.25) is 0 Å². The number of methoxy groups -OCH3 is 1. The number of carbonyl (C=O) groups is 2. The van der Waals surface area contributed by atoms with E-state index in [1.807, 2.05) is 6.92 Å². The minimum absolute atomic E-state index is 0.128. The van der Waals surface area contributed by atoms with Gasteiger partial charge in [-0.25, -0.2) is 9.78 Å². The highest BCUT2D eigenvalue weighted by Crippen LogP contribution is 2.29. The van der Waals surface area contributed by atoms with Crippen LogP contribution in [-0.4, -0.2) is 66.1 Å². The number of carbonyl (C=O) groups excluding carboxylic acids is 2. The highest BCUT2D eigenvalue weighted by atomic mass is 16.6. The van der Waals surface area contributed by atoms with Gasteiger partial charge in [-0.15, -0.1) is 0 Å². The first-order valence-electron chi connectivity index (χ1n) is 12.8. The molecule has 4 unspecified atom stereocenters. The van der Waals surface area contributed by atoms with E-state index >= 15 is 0 Å². The lowest BCUT2D eigenvalue weighted by atomic mass is 9.96. The van der Waals surface area contributed by atoms with Crippen molar-refractivity contribution >= 4 is 11.9 Å². The second-order valence-corrected chi connectivity index (χ2v) is 9.94. The van der Waals surface area contributed by atoms with E-state index < -0.39 is 24.0 Å².